The van der Waals surface area contributed by atoms with Gasteiger partial charge in [0.2, 0.25) is 0 Å². The number of ether oxygens (including phenoxy) is 1. The Labute approximate surface area is 103 Å². The topological polar surface area (TPSA) is 26.3 Å². The first-order valence-corrected chi connectivity index (χ1v) is 5.78. The van der Waals surface area contributed by atoms with Crippen LogP contribution in [0.5, 0.6) is 0 Å². The zero-order valence-corrected chi connectivity index (χ0v) is 10.2. The average Bonchev–Trinajstić information content (AvgIpc) is 2.38. The number of rotatable bonds is 6. The van der Waals surface area contributed by atoms with Crippen LogP contribution in [0, 0.1) is 0 Å². The van der Waals surface area contributed by atoms with Crippen LogP contribution in [0.3, 0.4) is 0 Å². The Kier molecular flexibility index (Phi) is 5.21. The Bertz CT molecular complexity index is 401. The summed E-state index contributed by atoms with van der Waals surface area (Å²) in [5.41, 5.74) is 2.20. The molecule has 0 aliphatic carbocycles. The molecule has 0 saturated carbocycles. The minimum atomic E-state index is -0.343. The molecule has 0 saturated heterocycles. The van der Waals surface area contributed by atoms with Gasteiger partial charge in [-0.15, -0.1) is 0 Å². The zero-order chi connectivity index (χ0) is 12.7. The molecule has 2 nitrogen and oxygen atoms in total. The summed E-state index contributed by atoms with van der Waals surface area (Å²) in [7, 11) is 0. The smallest absolute Gasteiger partial charge is 0.338 e. The zero-order valence-electron chi connectivity index (χ0n) is 10.2. The first-order chi connectivity index (χ1) is 8.19. The van der Waals surface area contributed by atoms with Gasteiger partial charge in [0.05, 0.1) is 12.2 Å². The predicted octanol–water partition coefficient (Wildman–Crippen LogP) is 3.69. The summed E-state index contributed by atoms with van der Waals surface area (Å²) in [6.45, 7) is 9.94. The average molecular weight is 230 g/mol. The van der Waals surface area contributed by atoms with Gasteiger partial charge in [-0.2, -0.15) is 0 Å². The number of esters is 1. The largest absolute Gasteiger partial charge is 0.462 e. The van der Waals surface area contributed by atoms with Gasteiger partial charge in [0, 0.05) is 0 Å². The maximum atomic E-state index is 11.6. The lowest BCUT2D eigenvalue weighted by Crippen LogP contribution is -2.07. The highest BCUT2D eigenvalue weighted by atomic mass is 16.5. The van der Waals surface area contributed by atoms with E-state index in [2.05, 4.69) is 20.1 Å². The second kappa shape index (κ2) is 6.69. The van der Waals surface area contributed by atoms with E-state index < -0.39 is 0 Å². The summed E-state index contributed by atoms with van der Waals surface area (Å²) in [4.78, 5) is 11.6. The van der Waals surface area contributed by atoms with Gasteiger partial charge in [-0.25, -0.2) is 4.79 Å². The van der Waals surface area contributed by atoms with Gasteiger partial charge in [-0.05, 0) is 17.5 Å². The molecule has 1 aromatic rings. The van der Waals surface area contributed by atoms with Crippen molar-refractivity contribution in [3.63, 3.8) is 0 Å². The molecule has 0 bridgehead atoms. The molecule has 0 amide bonds. The monoisotopic (exact) mass is 230 g/mol. The van der Waals surface area contributed by atoms with E-state index in [1.165, 1.54) is 0 Å². The third-order valence-corrected chi connectivity index (χ3v) is 2.47. The highest BCUT2D eigenvalue weighted by Crippen LogP contribution is 2.15. The van der Waals surface area contributed by atoms with Crippen LogP contribution in [0.25, 0.3) is 11.6 Å². The van der Waals surface area contributed by atoms with Crippen molar-refractivity contribution in [1.29, 1.82) is 0 Å². The van der Waals surface area contributed by atoms with Gasteiger partial charge in [0.15, 0.2) is 0 Å². The molecule has 0 heterocycles. The van der Waals surface area contributed by atoms with E-state index in [0.717, 1.165) is 24.0 Å². The standard InChI is InChI=1S/C15H18O2/c1-4-6-11-17-15(16)12(3)14-9-7-13(5-2)8-10-14/h5,7-10H,2-4,6,11H2,1H3. The van der Waals surface area contributed by atoms with Crippen LogP contribution < -0.4 is 0 Å². The Morgan fingerprint density at radius 2 is 2.00 bits per heavy atom. The molecule has 2 heteroatoms. The molecule has 0 unspecified atom stereocenters. The summed E-state index contributed by atoms with van der Waals surface area (Å²) in [5, 5.41) is 0. The van der Waals surface area contributed by atoms with Crippen LogP contribution in [-0.2, 0) is 9.53 Å². The second-order valence-corrected chi connectivity index (χ2v) is 3.79. The first kappa shape index (κ1) is 13.2. The van der Waals surface area contributed by atoms with E-state index in [9.17, 15) is 4.79 Å². The Hall–Kier alpha value is -1.83. The van der Waals surface area contributed by atoms with Crippen LogP contribution in [0.2, 0.25) is 0 Å². The quantitative estimate of drug-likeness (QED) is 0.423. The highest BCUT2D eigenvalue weighted by Gasteiger charge is 2.10. The lowest BCUT2D eigenvalue weighted by Gasteiger charge is -2.07. The number of carbonyl (C=O) groups is 1. The summed E-state index contributed by atoms with van der Waals surface area (Å²) < 4.78 is 5.10. The Morgan fingerprint density at radius 1 is 1.35 bits per heavy atom. The van der Waals surface area contributed by atoms with Crippen LogP contribution in [0.4, 0.5) is 0 Å². The number of unbranched alkanes of at least 4 members (excludes halogenated alkanes) is 1. The van der Waals surface area contributed by atoms with Crippen molar-refractivity contribution in [3.05, 3.63) is 48.6 Å². The fraction of sp³-hybridized carbons (Fsp3) is 0.267. The maximum absolute atomic E-state index is 11.6. The molecule has 0 fully saturated rings. The second-order valence-electron chi connectivity index (χ2n) is 3.79. The molecule has 0 aliphatic heterocycles. The normalized spacial score (nSPS) is 9.71. The fourth-order valence-electron chi connectivity index (χ4n) is 1.33. The van der Waals surface area contributed by atoms with E-state index >= 15 is 0 Å². The van der Waals surface area contributed by atoms with Crippen molar-refractivity contribution in [2.45, 2.75) is 19.8 Å². The molecule has 0 radical (unpaired) electrons. The van der Waals surface area contributed by atoms with Crippen molar-refractivity contribution in [2.24, 2.45) is 0 Å². The van der Waals surface area contributed by atoms with Crippen molar-refractivity contribution in [3.8, 4) is 0 Å². The van der Waals surface area contributed by atoms with Crippen molar-refractivity contribution in [2.75, 3.05) is 6.61 Å². The van der Waals surface area contributed by atoms with Crippen molar-refractivity contribution in [1.82, 2.24) is 0 Å². The van der Waals surface area contributed by atoms with Gasteiger partial charge in [0.25, 0.3) is 0 Å². The van der Waals surface area contributed by atoms with E-state index in [4.69, 9.17) is 4.74 Å². The van der Waals surface area contributed by atoms with Gasteiger partial charge in [-0.1, -0.05) is 56.8 Å². The molecule has 1 aromatic carbocycles. The molecule has 0 N–H and O–H groups in total. The van der Waals surface area contributed by atoms with Gasteiger partial charge in [-0.3, -0.25) is 0 Å². The minimum Gasteiger partial charge on any atom is -0.462 e. The molecular weight excluding hydrogens is 212 g/mol. The third kappa shape index (κ3) is 3.91. The molecule has 17 heavy (non-hydrogen) atoms. The highest BCUT2D eigenvalue weighted by molar-refractivity contribution is 6.15. The van der Waals surface area contributed by atoms with Crippen molar-refractivity contribution < 1.29 is 9.53 Å². The molecule has 0 aromatic heterocycles. The first-order valence-electron chi connectivity index (χ1n) is 5.78. The van der Waals surface area contributed by atoms with E-state index in [1.54, 1.807) is 6.08 Å². The summed E-state index contributed by atoms with van der Waals surface area (Å²) in [6.07, 6.45) is 3.65. The van der Waals surface area contributed by atoms with E-state index in [0.29, 0.717) is 12.2 Å². The predicted molar refractivity (Wildman–Crippen MR) is 71.4 cm³/mol. The maximum Gasteiger partial charge on any atom is 0.338 e. The van der Waals surface area contributed by atoms with Crippen LogP contribution >= 0.6 is 0 Å². The third-order valence-electron chi connectivity index (χ3n) is 2.47. The number of benzene rings is 1. The fourth-order valence-corrected chi connectivity index (χ4v) is 1.33. The summed E-state index contributed by atoms with van der Waals surface area (Å²) >= 11 is 0. The molecule has 1 rings (SSSR count). The van der Waals surface area contributed by atoms with Crippen molar-refractivity contribution >= 4 is 17.6 Å². The van der Waals surface area contributed by atoms with Crippen LogP contribution in [0.1, 0.15) is 30.9 Å². The number of hydrogen-bond donors (Lipinski definition) is 0. The summed E-state index contributed by atoms with van der Waals surface area (Å²) in [6, 6.07) is 7.49. The van der Waals surface area contributed by atoms with E-state index in [1.807, 2.05) is 24.3 Å². The Balaban J connectivity index is 2.61. The SMILES string of the molecule is C=Cc1ccc(C(=C)C(=O)OCCCC)cc1. The van der Waals surface area contributed by atoms with Gasteiger partial charge in [0.1, 0.15) is 0 Å². The summed E-state index contributed by atoms with van der Waals surface area (Å²) in [5.74, 6) is -0.343. The molecular formula is C15H18O2. The van der Waals surface area contributed by atoms with Crippen LogP contribution in [-0.4, -0.2) is 12.6 Å². The lowest BCUT2D eigenvalue weighted by atomic mass is 10.1. The van der Waals surface area contributed by atoms with E-state index in [-0.39, 0.29) is 5.97 Å². The minimum absolute atomic E-state index is 0.343. The van der Waals surface area contributed by atoms with Gasteiger partial charge < -0.3 is 4.74 Å². The molecule has 0 atom stereocenters. The number of hydrogen-bond acceptors (Lipinski definition) is 2. The van der Waals surface area contributed by atoms with Gasteiger partial charge >= 0.3 is 5.97 Å². The number of carbonyl (C=O) groups excluding carboxylic acids is 1. The molecule has 90 valence electrons. The Morgan fingerprint density at radius 3 is 2.53 bits per heavy atom. The lowest BCUT2D eigenvalue weighted by molar-refractivity contribution is -0.136. The molecule has 0 aliphatic rings. The molecule has 0 spiro atoms. The van der Waals surface area contributed by atoms with Crippen LogP contribution in [0.15, 0.2) is 37.4 Å².